The van der Waals surface area contributed by atoms with Crippen LogP contribution in [0, 0.1) is 0 Å². The summed E-state index contributed by atoms with van der Waals surface area (Å²) in [5, 5.41) is 3.64. The largest absolute Gasteiger partial charge is 0.352 e. The Labute approximate surface area is 181 Å². The zero-order valence-electron chi connectivity index (χ0n) is 16.6. The molecule has 3 aromatic rings. The van der Waals surface area contributed by atoms with E-state index in [-0.39, 0.29) is 24.4 Å². The Hall–Kier alpha value is -3.05. The number of carbonyl (C=O) groups excluding carboxylic acids is 2. The van der Waals surface area contributed by atoms with Crippen molar-refractivity contribution in [1.29, 1.82) is 0 Å². The number of rotatable bonds is 6. The van der Waals surface area contributed by atoms with E-state index in [0.29, 0.717) is 16.4 Å². The maximum Gasteiger partial charge on any atom is 0.275 e. The van der Waals surface area contributed by atoms with E-state index in [4.69, 9.17) is 11.6 Å². The summed E-state index contributed by atoms with van der Waals surface area (Å²) >= 11 is 6.01. The summed E-state index contributed by atoms with van der Waals surface area (Å²) in [5.41, 5.74) is 2.90. The highest BCUT2D eigenvalue weighted by Gasteiger charge is 2.24. The monoisotopic (exact) mass is 421 g/mol. The summed E-state index contributed by atoms with van der Waals surface area (Å²) in [6.45, 7) is -0.0450. The van der Waals surface area contributed by atoms with Crippen molar-refractivity contribution in [3.05, 3.63) is 77.4 Å². The number of aromatic amines is 1. The standard InChI is InChI=1S/C24H24ClN3O2/c25-18-10-12-20(13-11-18)28(16-23(29)26-19-8-4-5-9-19)24(30)22-15-14-21(27-22)17-6-2-1-3-7-17/h1-3,6-7,10-15,19,27H,4-5,8-9,16H2,(H,26,29). The number of amides is 2. The zero-order chi connectivity index (χ0) is 20.9. The number of benzene rings is 2. The lowest BCUT2D eigenvalue weighted by molar-refractivity contribution is -0.120. The maximum absolute atomic E-state index is 13.3. The van der Waals surface area contributed by atoms with Crippen LogP contribution in [0.5, 0.6) is 0 Å². The molecule has 0 unspecified atom stereocenters. The number of carbonyl (C=O) groups is 2. The molecule has 2 aromatic carbocycles. The van der Waals surface area contributed by atoms with E-state index in [2.05, 4.69) is 10.3 Å². The molecule has 1 aromatic heterocycles. The fourth-order valence-electron chi connectivity index (χ4n) is 3.84. The first-order valence-corrected chi connectivity index (χ1v) is 10.6. The first kappa shape index (κ1) is 20.2. The van der Waals surface area contributed by atoms with Crippen LogP contribution in [0.3, 0.4) is 0 Å². The van der Waals surface area contributed by atoms with E-state index in [1.165, 1.54) is 4.90 Å². The predicted molar refractivity (Wildman–Crippen MR) is 120 cm³/mol. The lowest BCUT2D eigenvalue weighted by Crippen LogP contribution is -2.43. The minimum absolute atomic E-state index is 0.0450. The molecular formula is C24H24ClN3O2. The smallest absolute Gasteiger partial charge is 0.275 e. The topological polar surface area (TPSA) is 65.2 Å². The number of hydrogen-bond donors (Lipinski definition) is 2. The van der Waals surface area contributed by atoms with E-state index in [1.54, 1.807) is 30.3 Å². The maximum atomic E-state index is 13.3. The first-order chi connectivity index (χ1) is 14.6. The van der Waals surface area contributed by atoms with Crippen molar-refractivity contribution in [3.8, 4) is 11.3 Å². The average Bonchev–Trinajstić information content (AvgIpc) is 3.45. The molecule has 4 rings (SSSR count). The Balaban J connectivity index is 1.56. The van der Waals surface area contributed by atoms with E-state index >= 15 is 0 Å². The van der Waals surface area contributed by atoms with Crippen LogP contribution in [-0.2, 0) is 4.79 Å². The van der Waals surface area contributed by atoms with Crippen molar-refractivity contribution in [2.75, 3.05) is 11.4 Å². The fraction of sp³-hybridized carbons (Fsp3) is 0.250. The van der Waals surface area contributed by atoms with Gasteiger partial charge in [0.05, 0.1) is 0 Å². The van der Waals surface area contributed by atoms with Gasteiger partial charge in [0.1, 0.15) is 12.2 Å². The van der Waals surface area contributed by atoms with Gasteiger partial charge in [-0.25, -0.2) is 0 Å². The van der Waals surface area contributed by atoms with Crippen LogP contribution >= 0.6 is 11.6 Å². The average molecular weight is 422 g/mol. The molecule has 1 saturated carbocycles. The Morgan fingerprint density at radius 1 is 0.967 bits per heavy atom. The van der Waals surface area contributed by atoms with Crippen LogP contribution in [0.25, 0.3) is 11.3 Å². The van der Waals surface area contributed by atoms with Gasteiger partial charge in [-0.1, -0.05) is 54.8 Å². The fourth-order valence-corrected chi connectivity index (χ4v) is 3.97. The van der Waals surface area contributed by atoms with Gasteiger partial charge in [0.15, 0.2) is 0 Å². The molecule has 0 bridgehead atoms. The normalized spacial score (nSPS) is 13.9. The third kappa shape index (κ3) is 4.74. The zero-order valence-corrected chi connectivity index (χ0v) is 17.4. The summed E-state index contributed by atoms with van der Waals surface area (Å²) in [4.78, 5) is 30.7. The third-order valence-corrected chi connectivity index (χ3v) is 5.66. The number of nitrogens with one attached hydrogen (secondary N) is 2. The molecule has 1 aliphatic carbocycles. The highest BCUT2D eigenvalue weighted by atomic mass is 35.5. The number of hydrogen-bond acceptors (Lipinski definition) is 2. The van der Waals surface area contributed by atoms with Crippen molar-refractivity contribution >= 4 is 29.1 Å². The lowest BCUT2D eigenvalue weighted by atomic mass is 10.2. The van der Waals surface area contributed by atoms with Crippen molar-refractivity contribution in [3.63, 3.8) is 0 Å². The van der Waals surface area contributed by atoms with Gasteiger partial charge in [0.2, 0.25) is 5.91 Å². The third-order valence-electron chi connectivity index (χ3n) is 5.41. The Morgan fingerprint density at radius 2 is 1.67 bits per heavy atom. The Bertz CT molecular complexity index is 1010. The second-order valence-corrected chi connectivity index (χ2v) is 8.00. The van der Waals surface area contributed by atoms with Gasteiger partial charge in [-0.05, 0) is 54.8 Å². The van der Waals surface area contributed by atoms with Crippen LogP contribution in [0.15, 0.2) is 66.7 Å². The van der Waals surface area contributed by atoms with Gasteiger partial charge < -0.3 is 10.3 Å². The molecule has 0 atom stereocenters. The van der Waals surface area contributed by atoms with Gasteiger partial charge in [-0.15, -0.1) is 0 Å². The van der Waals surface area contributed by atoms with E-state index in [1.807, 2.05) is 36.4 Å². The molecule has 5 nitrogen and oxygen atoms in total. The van der Waals surface area contributed by atoms with Crippen LogP contribution in [0.4, 0.5) is 5.69 Å². The highest BCUT2D eigenvalue weighted by Crippen LogP contribution is 2.23. The molecule has 30 heavy (non-hydrogen) atoms. The molecule has 0 spiro atoms. The van der Waals surface area contributed by atoms with E-state index in [9.17, 15) is 9.59 Å². The van der Waals surface area contributed by atoms with Gasteiger partial charge in [0, 0.05) is 22.4 Å². The predicted octanol–water partition coefficient (Wildman–Crippen LogP) is 5.04. The van der Waals surface area contributed by atoms with Crippen LogP contribution in [-0.4, -0.2) is 29.4 Å². The number of H-pyrrole nitrogens is 1. The second kappa shape index (κ2) is 9.18. The summed E-state index contributed by atoms with van der Waals surface area (Å²) in [6.07, 6.45) is 4.26. The van der Waals surface area contributed by atoms with Gasteiger partial charge in [-0.3, -0.25) is 14.5 Å². The number of nitrogens with zero attached hydrogens (tertiary/aromatic N) is 1. The molecule has 2 N–H and O–H groups in total. The summed E-state index contributed by atoms with van der Waals surface area (Å²) in [5.74, 6) is -0.416. The van der Waals surface area contributed by atoms with Gasteiger partial charge >= 0.3 is 0 Å². The second-order valence-electron chi connectivity index (χ2n) is 7.57. The Morgan fingerprint density at radius 3 is 2.37 bits per heavy atom. The first-order valence-electron chi connectivity index (χ1n) is 10.2. The molecule has 1 fully saturated rings. The molecule has 6 heteroatoms. The summed E-state index contributed by atoms with van der Waals surface area (Å²) in [7, 11) is 0. The highest BCUT2D eigenvalue weighted by molar-refractivity contribution is 6.30. The lowest BCUT2D eigenvalue weighted by Gasteiger charge is -2.23. The Kier molecular flexibility index (Phi) is 6.19. The molecule has 1 aliphatic rings. The van der Waals surface area contributed by atoms with Gasteiger partial charge in [-0.2, -0.15) is 0 Å². The molecule has 0 saturated heterocycles. The quantitative estimate of drug-likeness (QED) is 0.585. The van der Waals surface area contributed by atoms with Crippen LogP contribution < -0.4 is 10.2 Å². The summed E-state index contributed by atoms with van der Waals surface area (Å²) in [6, 6.07) is 20.6. The minimum atomic E-state index is -0.263. The van der Waals surface area contributed by atoms with Crippen LogP contribution in [0.2, 0.25) is 5.02 Å². The van der Waals surface area contributed by atoms with Crippen molar-refractivity contribution < 1.29 is 9.59 Å². The molecule has 2 amide bonds. The van der Waals surface area contributed by atoms with Gasteiger partial charge in [0.25, 0.3) is 5.91 Å². The van der Waals surface area contributed by atoms with E-state index in [0.717, 1.165) is 36.9 Å². The van der Waals surface area contributed by atoms with Crippen molar-refractivity contribution in [2.45, 2.75) is 31.7 Å². The molecular weight excluding hydrogens is 398 g/mol. The molecule has 0 aliphatic heterocycles. The number of anilines is 1. The van der Waals surface area contributed by atoms with Crippen LogP contribution in [0.1, 0.15) is 36.2 Å². The number of aromatic nitrogens is 1. The summed E-state index contributed by atoms with van der Waals surface area (Å²) < 4.78 is 0. The van der Waals surface area contributed by atoms with Crippen molar-refractivity contribution in [2.24, 2.45) is 0 Å². The minimum Gasteiger partial charge on any atom is -0.352 e. The molecule has 1 heterocycles. The molecule has 154 valence electrons. The number of halogens is 1. The van der Waals surface area contributed by atoms with Crippen molar-refractivity contribution in [1.82, 2.24) is 10.3 Å². The molecule has 0 radical (unpaired) electrons. The SMILES string of the molecule is O=C(CN(C(=O)c1ccc(-c2ccccc2)[nH]1)c1ccc(Cl)cc1)NC1CCCC1. The van der Waals surface area contributed by atoms with E-state index < -0.39 is 0 Å².